The Labute approximate surface area is 92.5 Å². The Morgan fingerprint density at radius 3 is 2.69 bits per heavy atom. The quantitative estimate of drug-likeness (QED) is 0.786. The van der Waals surface area contributed by atoms with Gasteiger partial charge in [-0.2, -0.15) is 0 Å². The predicted octanol–water partition coefficient (Wildman–Crippen LogP) is 0.806. The molecule has 1 saturated carbocycles. The second-order valence-electron chi connectivity index (χ2n) is 3.85. The predicted molar refractivity (Wildman–Crippen MR) is 55.8 cm³/mol. The van der Waals surface area contributed by atoms with Crippen molar-refractivity contribution in [3.63, 3.8) is 0 Å². The first kappa shape index (κ1) is 10.6. The Hall–Kier alpha value is -1.91. The minimum absolute atomic E-state index is 0.0114. The van der Waals surface area contributed by atoms with Crippen LogP contribution in [0.1, 0.15) is 28.9 Å². The van der Waals surface area contributed by atoms with Gasteiger partial charge in [-0.3, -0.25) is 4.79 Å². The van der Waals surface area contributed by atoms with Crippen molar-refractivity contribution < 1.29 is 14.7 Å². The fourth-order valence-electron chi connectivity index (χ4n) is 1.33. The second kappa shape index (κ2) is 4.30. The highest BCUT2D eigenvalue weighted by molar-refractivity contribution is 5.85. The number of aromatic carboxylic acids is 1. The van der Waals surface area contributed by atoms with Gasteiger partial charge < -0.3 is 10.4 Å². The first-order valence-electron chi connectivity index (χ1n) is 5.13. The summed E-state index contributed by atoms with van der Waals surface area (Å²) in [6.45, 7) is 0.405. The van der Waals surface area contributed by atoms with E-state index in [0.29, 0.717) is 6.54 Å². The van der Waals surface area contributed by atoms with E-state index in [2.05, 4.69) is 10.3 Å². The molecule has 0 radical (unpaired) electrons. The number of hydrogen-bond acceptors (Lipinski definition) is 3. The van der Waals surface area contributed by atoms with E-state index in [1.165, 1.54) is 12.3 Å². The van der Waals surface area contributed by atoms with Crippen molar-refractivity contribution in [2.45, 2.75) is 19.4 Å². The maximum atomic E-state index is 11.3. The summed E-state index contributed by atoms with van der Waals surface area (Å²) in [5, 5.41) is 11.4. The molecule has 5 heteroatoms. The summed E-state index contributed by atoms with van der Waals surface area (Å²) >= 11 is 0. The molecule has 1 fully saturated rings. The third kappa shape index (κ3) is 2.56. The first-order chi connectivity index (χ1) is 7.66. The number of pyridine rings is 1. The van der Waals surface area contributed by atoms with E-state index in [1.807, 2.05) is 0 Å². The van der Waals surface area contributed by atoms with E-state index < -0.39 is 5.97 Å². The Balaban J connectivity index is 1.89. The average Bonchev–Trinajstić information content (AvgIpc) is 3.10. The molecule has 0 spiro atoms. The maximum Gasteiger partial charge on any atom is 0.354 e. The van der Waals surface area contributed by atoms with Crippen LogP contribution in [0.25, 0.3) is 0 Å². The lowest BCUT2D eigenvalue weighted by Gasteiger charge is -2.03. The summed E-state index contributed by atoms with van der Waals surface area (Å²) in [7, 11) is 0. The molecule has 1 heterocycles. The van der Waals surface area contributed by atoms with Crippen LogP contribution in [0.2, 0.25) is 0 Å². The lowest BCUT2D eigenvalue weighted by molar-refractivity contribution is -0.122. The van der Waals surface area contributed by atoms with Gasteiger partial charge in [-0.05, 0) is 24.5 Å². The van der Waals surface area contributed by atoms with Crippen LogP contribution in [0.4, 0.5) is 0 Å². The summed E-state index contributed by atoms with van der Waals surface area (Å²) in [5.74, 6) is -0.790. The van der Waals surface area contributed by atoms with Gasteiger partial charge in [0.1, 0.15) is 5.69 Å². The number of nitrogens with one attached hydrogen (secondary N) is 1. The van der Waals surface area contributed by atoms with Crippen molar-refractivity contribution in [2.75, 3.05) is 0 Å². The molecule has 2 N–H and O–H groups in total. The summed E-state index contributed by atoms with van der Waals surface area (Å²) < 4.78 is 0. The van der Waals surface area contributed by atoms with Crippen LogP contribution in [-0.2, 0) is 11.3 Å². The zero-order valence-electron chi connectivity index (χ0n) is 8.64. The second-order valence-corrected chi connectivity index (χ2v) is 3.85. The van der Waals surface area contributed by atoms with Crippen LogP contribution in [-0.4, -0.2) is 22.0 Å². The topological polar surface area (TPSA) is 79.3 Å². The number of hydrogen-bond donors (Lipinski definition) is 2. The van der Waals surface area contributed by atoms with Crippen LogP contribution in [0.15, 0.2) is 18.3 Å². The van der Waals surface area contributed by atoms with E-state index in [0.717, 1.165) is 18.4 Å². The molecule has 5 nitrogen and oxygen atoms in total. The molecule has 16 heavy (non-hydrogen) atoms. The molecule has 0 bridgehead atoms. The molecule has 0 atom stereocenters. The third-order valence-corrected chi connectivity index (χ3v) is 2.46. The van der Waals surface area contributed by atoms with Gasteiger partial charge in [-0.25, -0.2) is 9.78 Å². The fourth-order valence-corrected chi connectivity index (χ4v) is 1.33. The van der Waals surface area contributed by atoms with Gasteiger partial charge in [0.15, 0.2) is 0 Å². The zero-order valence-corrected chi connectivity index (χ0v) is 8.64. The highest BCUT2D eigenvalue weighted by Gasteiger charge is 2.29. The first-order valence-corrected chi connectivity index (χ1v) is 5.13. The Kier molecular flexibility index (Phi) is 2.85. The van der Waals surface area contributed by atoms with Gasteiger partial charge in [0.05, 0.1) is 0 Å². The monoisotopic (exact) mass is 220 g/mol. The minimum atomic E-state index is -1.05. The summed E-state index contributed by atoms with van der Waals surface area (Å²) in [6, 6.07) is 3.09. The number of carbonyl (C=O) groups is 2. The number of rotatable bonds is 4. The number of aromatic nitrogens is 1. The van der Waals surface area contributed by atoms with Gasteiger partial charge in [-0.15, -0.1) is 0 Å². The number of amides is 1. The molecular weight excluding hydrogens is 208 g/mol. The lowest BCUT2D eigenvalue weighted by Crippen LogP contribution is -2.24. The summed E-state index contributed by atoms with van der Waals surface area (Å²) in [5.41, 5.74) is 0.816. The Morgan fingerprint density at radius 1 is 1.44 bits per heavy atom. The molecule has 1 aromatic rings. The number of nitrogens with zero attached hydrogens (tertiary/aromatic N) is 1. The van der Waals surface area contributed by atoms with Crippen LogP contribution in [0, 0.1) is 5.92 Å². The van der Waals surface area contributed by atoms with Gasteiger partial charge >= 0.3 is 5.97 Å². The Bertz CT molecular complexity index is 410. The lowest BCUT2D eigenvalue weighted by atomic mass is 10.2. The number of carboxylic acid groups (broad SMARTS) is 1. The van der Waals surface area contributed by atoms with Gasteiger partial charge in [-0.1, -0.05) is 6.07 Å². The van der Waals surface area contributed by atoms with Crippen molar-refractivity contribution >= 4 is 11.9 Å². The SMILES string of the molecule is O=C(O)c1ccc(CNC(=O)C2CC2)cn1. The van der Waals surface area contributed by atoms with Crippen LogP contribution in [0.3, 0.4) is 0 Å². The van der Waals surface area contributed by atoms with Crippen molar-refractivity contribution in [3.8, 4) is 0 Å². The molecule has 84 valence electrons. The molecule has 1 amide bonds. The molecule has 0 aliphatic heterocycles. The molecule has 1 aliphatic carbocycles. The van der Waals surface area contributed by atoms with E-state index in [1.54, 1.807) is 6.07 Å². The van der Waals surface area contributed by atoms with Crippen molar-refractivity contribution in [1.29, 1.82) is 0 Å². The van der Waals surface area contributed by atoms with Gasteiger partial charge in [0.25, 0.3) is 0 Å². The van der Waals surface area contributed by atoms with Crippen LogP contribution >= 0.6 is 0 Å². The number of carbonyl (C=O) groups excluding carboxylic acids is 1. The molecule has 0 aromatic carbocycles. The zero-order chi connectivity index (χ0) is 11.5. The Morgan fingerprint density at radius 2 is 2.19 bits per heavy atom. The van der Waals surface area contributed by atoms with E-state index in [-0.39, 0.29) is 17.5 Å². The smallest absolute Gasteiger partial charge is 0.354 e. The molecular formula is C11H12N2O3. The molecule has 2 rings (SSSR count). The summed E-state index contributed by atoms with van der Waals surface area (Å²) in [4.78, 5) is 25.6. The largest absolute Gasteiger partial charge is 0.477 e. The van der Waals surface area contributed by atoms with Gasteiger partial charge in [0.2, 0.25) is 5.91 Å². The van der Waals surface area contributed by atoms with Crippen LogP contribution in [0.5, 0.6) is 0 Å². The average molecular weight is 220 g/mol. The molecule has 0 saturated heterocycles. The summed E-state index contributed by atoms with van der Waals surface area (Å²) in [6.07, 6.45) is 3.42. The molecule has 1 aromatic heterocycles. The maximum absolute atomic E-state index is 11.3. The highest BCUT2D eigenvalue weighted by atomic mass is 16.4. The third-order valence-electron chi connectivity index (χ3n) is 2.46. The van der Waals surface area contributed by atoms with Gasteiger partial charge in [0, 0.05) is 18.7 Å². The normalized spacial score (nSPS) is 14.5. The molecule has 0 unspecified atom stereocenters. The van der Waals surface area contributed by atoms with E-state index >= 15 is 0 Å². The van der Waals surface area contributed by atoms with Crippen molar-refractivity contribution in [1.82, 2.24) is 10.3 Å². The number of carboxylic acids is 1. The fraction of sp³-hybridized carbons (Fsp3) is 0.364. The van der Waals surface area contributed by atoms with E-state index in [9.17, 15) is 9.59 Å². The van der Waals surface area contributed by atoms with Crippen molar-refractivity contribution in [2.24, 2.45) is 5.92 Å². The standard InChI is InChI=1S/C11H12N2O3/c14-10(8-2-3-8)13-6-7-1-4-9(11(15)16)12-5-7/h1,4-5,8H,2-3,6H2,(H,13,14)(H,15,16). The van der Waals surface area contributed by atoms with Crippen molar-refractivity contribution in [3.05, 3.63) is 29.6 Å². The minimum Gasteiger partial charge on any atom is -0.477 e. The highest BCUT2D eigenvalue weighted by Crippen LogP contribution is 2.28. The van der Waals surface area contributed by atoms with E-state index in [4.69, 9.17) is 5.11 Å². The molecule has 1 aliphatic rings. The van der Waals surface area contributed by atoms with Crippen LogP contribution < -0.4 is 5.32 Å².